The molecule has 3 atom stereocenters. The smallest absolute Gasteiger partial charge is 0.319 e. The number of piperazine rings is 3. The fourth-order valence-electron chi connectivity index (χ4n) is 11.1. The lowest BCUT2D eigenvalue weighted by atomic mass is 9.96. The van der Waals surface area contributed by atoms with Gasteiger partial charge in [-0.05, 0) is 61.4 Å². The second kappa shape index (κ2) is 18.8. The van der Waals surface area contributed by atoms with Crippen molar-refractivity contribution in [2.45, 2.75) is 50.2 Å². The highest BCUT2D eigenvalue weighted by Crippen LogP contribution is 2.40. The molecule has 11 rings (SSSR count). The van der Waals surface area contributed by atoms with Gasteiger partial charge in [-0.3, -0.25) is 44.1 Å². The summed E-state index contributed by atoms with van der Waals surface area (Å²) in [4.78, 5) is 90.2. The van der Waals surface area contributed by atoms with Gasteiger partial charge in [0.2, 0.25) is 17.7 Å². The third-order valence-electron chi connectivity index (χ3n) is 14.7. The number of benzene rings is 3. The summed E-state index contributed by atoms with van der Waals surface area (Å²) in [6, 6.07) is 10.0. The van der Waals surface area contributed by atoms with Gasteiger partial charge in [-0.25, -0.2) is 8.78 Å². The normalized spacial score (nSPS) is 21.8. The lowest BCUT2D eigenvalue weighted by Crippen LogP contribution is -2.54. The minimum Gasteiger partial charge on any atom is -0.508 e. The van der Waals surface area contributed by atoms with Crippen LogP contribution in [0.5, 0.6) is 11.8 Å². The number of anilines is 2. The number of phenols is 1. The number of aromatic hydroxyl groups is 1. The molecule has 18 nitrogen and oxygen atoms in total. The van der Waals surface area contributed by atoms with Gasteiger partial charge in [-0.15, -0.1) is 6.42 Å². The number of rotatable bonds is 11. The Morgan fingerprint density at radius 1 is 0.873 bits per heavy atom. The van der Waals surface area contributed by atoms with Crippen LogP contribution in [0.15, 0.2) is 48.7 Å². The van der Waals surface area contributed by atoms with Crippen LogP contribution < -0.4 is 25.2 Å². The number of imide groups is 2. The molecular weight excluding hydrogens is 917 g/mol. The lowest BCUT2D eigenvalue weighted by Gasteiger charge is -2.39. The second-order valence-electron chi connectivity index (χ2n) is 19.0. The number of halogens is 2. The molecule has 0 saturated carbocycles. The summed E-state index contributed by atoms with van der Waals surface area (Å²) < 4.78 is 38.1. The summed E-state index contributed by atoms with van der Waals surface area (Å²) >= 11 is 0. The van der Waals surface area contributed by atoms with Crippen molar-refractivity contribution in [2.24, 2.45) is 0 Å². The molecule has 3 unspecified atom stereocenters. The first-order chi connectivity index (χ1) is 34.4. The first kappa shape index (κ1) is 46.1. The number of carbonyl (C=O) groups is 5. The minimum absolute atomic E-state index is 0.0161. The van der Waals surface area contributed by atoms with E-state index in [-0.39, 0.29) is 94.6 Å². The SMILES string of the molecule is C#Cc1c(F)ccc2cc(O)cc(-c3ncc4c(N5CC6CCC(C5)N6)nc(OCCCN5CCN(CC(=O)N6CCN(c7cccc8c7C(=O)N(C7CCC(=O)NC7=O)C8=O)CC6)CC5)nc4c3F)c12. The molecule has 8 heterocycles. The molecule has 6 aliphatic heterocycles. The molecular formula is C51H51F2N11O7. The van der Waals surface area contributed by atoms with Crippen molar-refractivity contribution in [1.29, 1.82) is 0 Å². The van der Waals surface area contributed by atoms with E-state index < -0.39 is 41.3 Å². The summed E-state index contributed by atoms with van der Waals surface area (Å²) in [7, 11) is 0. The van der Waals surface area contributed by atoms with Gasteiger partial charge in [0.05, 0.1) is 40.9 Å². The van der Waals surface area contributed by atoms with Crippen molar-refractivity contribution in [1.82, 2.24) is 45.2 Å². The molecule has 0 radical (unpaired) electrons. The Hall–Kier alpha value is -7.34. The third kappa shape index (κ3) is 8.61. The number of hydrogen-bond acceptors (Lipinski definition) is 15. The molecule has 20 heteroatoms. The van der Waals surface area contributed by atoms with Gasteiger partial charge in [0.1, 0.15) is 34.6 Å². The van der Waals surface area contributed by atoms with Crippen LogP contribution >= 0.6 is 0 Å². The highest BCUT2D eigenvalue weighted by Gasteiger charge is 2.46. The first-order valence-electron chi connectivity index (χ1n) is 24.2. The third-order valence-corrected chi connectivity index (χ3v) is 14.7. The quantitative estimate of drug-likeness (QED) is 0.0993. The van der Waals surface area contributed by atoms with Crippen molar-refractivity contribution in [2.75, 3.05) is 94.9 Å². The number of ether oxygens (including phenoxy) is 1. The maximum atomic E-state index is 17.0. The van der Waals surface area contributed by atoms with Crippen LogP contribution in [-0.2, 0) is 14.4 Å². The number of terminal acetylenes is 1. The van der Waals surface area contributed by atoms with Crippen LogP contribution in [0.2, 0.25) is 0 Å². The van der Waals surface area contributed by atoms with E-state index in [1.807, 2.05) is 9.80 Å². The van der Waals surface area contributed by atoms with Gasteiger partial charge < -0.3 is 34.8 Å². The number of carbonyl (C=O) groups excluding carboxylic acids is 5. The van der Waals surface area contributed by atoms with Crippen molar-refractivity contribution in [3.8, 4) is 35.4 Å². The summed E-state index contributed by atoms with van der Waals surface area (Å²) in [5, 5.41) is 17.6. The number of hydrogen-bond donors (Lipinski definition) is 3. The average Bonchev–Trinajstić information content (AvgIpc) is 3.84. The van der Waals surface area contributed by atoms with Gasteiger partial charge in [0.15, 0.2) is 5.82 Å². The largest absolute Gasteiger partial charge is 0.508 e. The Morgan fingerprint density at radius 3 is 2.38 bits per heavy atom. The van der Waals surface area contributed by atoms with Crippen LogP contribution in [0.3, 0.4) is 0 Å². The van der Waals surface area contributed by atoms with Gasteiger partial charge in [0, 0.05) is 108 Å². The minimum atomic E-state index is -1.05. The molecule has 3 aromatic carbocycles. The van der Waals surface area contributed by atoms with Gasteiger partial charge >= 0.3 is 6.01 Å². The van der Waals surface area contributed by atoms with Crippen LogP contribution in [0.1, 0.15) is 58.4 Å². The highest BCUT2D eigenvalue weighted by atomic mass is 19.1. The lowest BCUT2D eigenvalue weighted by molar-refractivity contribution is -0.136. The van der Waals surface area contributed by atoms with Crippen LogP contribution in [0.25, 0.3) is 32.9 Å². The zero-order valence-corrected chi connectivity index (χ0v) is 38.8. The van der Waals surface area contributed by atoms with Gasteiger partial charge in [0.25, 0.3) is 11.8 Å². The highest BCUT2D eigenvalue weighted by molar-refractivity contribution is 6.25. The van der Waals surface area contributed by atoms with Crippen LogP contribution in [-0.4, -0.2) is 172 Å². The molecule has 0 spiro atoms. The molecule has 5 amide bonds. The average molecular weight is 968 g/mol. The Bertz CT molecular complexity index is 3070. The molecule has 2 aromatic heterocycles. The number of piperidine rings is 1. The fraction of sp³-hybridized carbons (Fsp3) is 0.412. The molecule has 5 saturated heterocycles. The van der Waals surface area contributed by atoms with Crippen molar-refractivity contribution >= 4 is 62.7 Å². The molecule has 5 aromatic rings. The van der Waals surface area contributed by atoms with Crippen LogP contribution in [0.4, 0.5) is 20.3 Å². The maximum Gasteiger partial charge on any atom is 0.319 e. The van der Waals surface area contributed by atoms with Crippen molar-refractivity contribution < 1.29 is 42.6 Å². The van der Waals surface area contributed by atoms with Crippen molar-refractivity contribution in [3.05, 3.63) is 77.0 Å². The predicted molar refractivity (Wildman–Crippen MR) is 257 cm³/mol. The zero-order valence-electron chi connectivity index (χ0n) is 38.8. The molecule has 366 valence electrons. The predicted octanol–water partition coefficient (Wildman–Crippen LogP) is 2.89. The number of pyridine rings is 1. The standard InChI is InChI=1S/C51H51F2N11O7/c1-2-33-37(52)10-7-29-23-32(65)24-35(42(29)33)45-44(53)46-36(25-54-45)47(63-26-30-8-9-31(27-63)55-30)58-51(57-46)71-22-4-13-59-14-16-60(17-15-59)28-41(67)62-20-18-61(19-21-62)38-6-3-5-34-43(38)50(70)64(49(34)69)39-11-12-40(66)56-48(39)68/h1,3,5-7,10,23-25,30-31,39,55,65H,4,8-9,11-22,26-28H2,(H,56,66,68). The van der Waals surface area contributed by atoms with E-state index in [1.54, 1.807) is 18.2 Å². The fourth-order valence-corrected chi connectivity index (χ4v) is 11.1. The zero-order chi connectivity index (χ0) is 49.1. The Morgan fingerprint density at radius 2 is 1.63 bits per heavy atom. The van der Waals surface area contributed by atoms with E-state index >= 15 is 4.39 Å². The number of nitrogens with zero attached hydrogens (tertiary/aromatic N) is 9. The Balaban J connectivity index is 0.701. The first-order valence-corrected chi connectivity index (χ1v) is 24.2. The molecule has 2 bridgehead atoms. The number of phenolic OH excluding ortho intramolecular Hbond substituents is 1. The number of fused-ring (bicyclic) bond motifs is 5. The van der Waals surface area contributed by atoms with Crippen LogP contribution in [0, 0.1) is 24.0 Å². The van der Waals surface area contributed by atoms with E-state index in [1.165, 1.54) is 30.5 Å². The van der Waals surface area contributed by atoms with Gasteiger partial charge in [-0.1, -0.05) is 18.1 Å². The molecule has 71 heavy (non-hydrogen) atoms. The van der Waals surface area contributed by atoms with E-state index in [4.69, 9.17) is 16.1 Å². The number of amides is 5. The van der Waals surface area contributed by atoms with Crippen molar-refractivity contribution in [3.63, 3.8) is 0 Å². The summed E-state index contributed by atoms with van der Waals surface area (Å²) in [6.07, 6.45) is 10.0. The summed E-state index contributed by atoms with van der Waals surface area (Å²) in [5.41, 5.74) is 0.947. The van der Waals surface area contributed by atoms with E-state index in [9.17, 15) is 33.5 Å². The second-order valence-corrected chi connectivity index (χ2v) is 19.0. The Kier molecular flexibility index (Phi) is 12.2. The molecule has 6 aliphatic rings. The van der Waals surface area contributed by atoms with E-state index in [0.717, 1.165) is 37.4 Å². The van der Waals surface area contributed by atoms with Gasteiger partial charge in [-0.2, -0.15) is 9.97 Å². The Labute approximate surface area is 406 Å². The topological polar surface area (TPSA) is 197 Å². The maximum absolute atomic E-state index is 17.0. The van der Waals surface area contributed by atoms with E-state index in [2.05, 4.69) is 41.2 Å². The van der Waals surface area contributed by atoms with E-state index in [0.29, 0.717) is 81.1 Å². The summed E-state index contributed by atoms with van der Waals surface area (Å²) in [6.45, 7) is 7.29. The number of nitrogens with one attached hydrogen (secondary N) is 2. The molecule has 0 aliphatic carbocycles. The number of aromatic nitrogens is 3. The monoisotopic (exact) mass is 967 g/mol. The molecule has 5 fully saturated rings. The summed E-state index contributed by atoms with van der Waals surface area (Å²) in [5.74, 6) is -0.882. The molecule has 3 N–H and O–H groups in total.